The lowest BCUT2D eigenvalue weighted by Gasteiger charge is -2.16. The van der Waals surface area contributed by atoms with Crippen molar-refractivity contribution in [1.82, 2.24) is 24.3 Å². The molecule has 35 heavy (non-hydrogen) atoms. The number of aromatic nitrogens is 5. The molecule has 0 aliphatic heterocycles. The van der Waals surface area contributed by atoms with Gasteiger partial charge in [0.15, 0.2) is 12.4 Å². The van der Waals surface area contributed by atoms with Crippen LogP contribution in [0.3, 0.4) is 0 Å². The SMILES string of the molecule is COC(=O)c1cn(COC(=O)C(C)(C)C)c2ncc(-c3nn(C)c4cc(C(F)(F)F)ccc34)nc12. The maximum atomic E-state index is 13.2. The first-order valence-corrected chi connectivity index (χ1v) is 10.5. The van der Waals surface area contributed by atoms with Gasteiger partial charge in [-0.25, -0.2) is 14.8 Å². The number of fused-ring (bicyclic) bond motifs is 2. The summed E-state index contributed by atoms with van der Waals surface area (Å²) in [6.07, 6.45) is -1.68. The van der Waals surface area contributed by atoms with Crippen LogP contribution in [0.2, 0.25) is 0 Å². The normalized spacial score (nSPS) is 12.3. The van der Waals surface area contributed by atoms with E-state index in [2.05, 4.69) is 15.1 Å². The summed E-state index contributed by atoms with van der Waals surface area (Å²) in [5.41, 5.74) is -0.192. The van der Waals surface area contributed by atoms with Gasteiger partial charge in [0.25, 0.3) is 0 Å². The number of methoxy groups -OCH3 is 1. The Balaban J connectivity index is 1.81. The third-order valence-corrected chi connectivity index (χ3v) is 5.34. The van der Waals surface area contributed by atoms with E-state index in [-0.39, 0.29) is 34.7 Å². The van der Waals surface area contributed by atoms with Gasteiger partial charge >= 0.3 is 18.1 Å². The van der Waals surface area contributed by atoms with Crippen molar-refractivity contribution in [2.24, 2.45) is 12.5 Å². The molecule has 1 aromatic carbocycles. The van der Waals surface area contributed by atoms with E-state index >= 15 is 0 Å². The van der Waals surface area contributed by atoms with Crippen LogP contribution in [0.1, 0.15) is 36.7 Å². The molecule has 4 aromatic rings. The monoisotopic (exact) mass is 489 g/mol. The minimum Gasteiger partial charge on any atom is -0.465 e. The van der Waals surface area contributed by atoms with Crippen LogP contribution in [0.15, 0.2) is 30.6 Å². The third kappa shape index (κ3) is 4.43. The number of aryl methyl sites for hydroxylation is 1. The van der Waals surface area contributed by atoms with E-state index in [1.807, 2.05) is 0 Å². The lowest BCUT2D eigenvalue weighted by atomic mass is 9.98. The zero-order chi connectivity index (χ0) is 25.7. The second-order valence-corrected chi connectivity index (χ2v) is 8.94. The number of carbonyl (C=O) groups excluding carboxylic acids is 2. The molecule has 0 bridgehead atoms. The number of benzene rings is 1. The largest absolute Gasteiger partial charge is 0.465 e. The summed E-state index contributed by atoms with van der Waals surface area (Å²) in [5.74, 6) is -1.12. The first-order chi connectivity index (χ1) is 16.3. The third-order valence-electron chi connectivity index (χ3n) is 5.34. The molecule has 0 aliphatic rings. The highest BCUT2D eigenvalue weighted by molar-refractivity contribution is 6.02. The zero-order valence-electron chi connectivity index (χ0n) is 19.6. The van der Waals surface area contributed by atoms with Gasteiger partial charge in [-0.1, -0.05) is 0 Å². The van der Waals surface area contributed by atoms with Crippen molar-refractivity contribution in [1.29, 1.82) is 0 Å². The summed E-state index contributed by atoms with van der Waals surface area (Å²) < 4.78 is 52.4. The molecule has 184 valence electrons. The molecule has 0 fully saturated rings. The van der Waals surface area contributed by atoms with Crippen LogP contribution in [0.5, 0.6) is 0 Å². The second kappa shape index (κ2) is 8.36. The molecule has 3 aromatic heterocycles. The van der Waals surface area contributed by atoms with Crippen molar-refractivity contribution in [3.05, 3.63) is 41.7 Å². The van der Waals surface area contributed by atoms with Crippen LogP contribution in [0, 0.1) is 5.41 Å². The van der Waals surface area contributed by atoms with Crippen LogP contribution >= 0.6 is 0 Å². The van der Waals surface area contributed by atoms with E-state index in [4.69, 9.17) is 9.47 Å². The highest BCUT2D eigenvalue weighted by Crippen LogP contribution is 2.34. The molecule has 4 rings (SSSR count). The average molecular weight is 489 g/mol. The van der Waals surface area contributed by atoms with Gasteiger partial charge in [-0.3, -0.25) is 14.0 Å². The number of nitrogens with zero attached hydrogens (tertiary/aromatic N) is 5. The summed E-state index contributed by atoms with van der Waals surface area (Å²) in [6, 6.07) is 3.31. The van der Waals surface area contributed by atoms with E-state index < -0.39 is 29.1 Å². The van der Waals surface area contributed by atoms with Crippen LogP contribution in [-0.4, -0.2) is 43.4 Å². The Bertz CT molecular complexity index is 1460. The molecular weight excluding hydrogens is 467 g/mol. The predicted octanol–water partition coefficient (Wildman–Crippen LogP) is 4.34. The van der Waals surface area contributed by atoms with Crippen molar-refractivity contribution >= 4 is 34.0 Å². The van der Waals surface area contributed by atoms with Gasteiger partial charge in [-0.2, -0.15) is 18.3 Å². The fourth-order valence-corrected chi connectivity index (χ4v) is 3.49. The highest BCUT2D eigenvalue weighted by atomic mass is 19.4. The van der Waals surface area contributed by atoms with E-state index in [1.165, 1.54) is 41.9 Å². The summed E-state index contributed by atoms with van der Waals surface area (Å²) >= 11 is 0. The van der Waals surface area contributed by atoms with Gasteiger partial charge in [0, 0.05) is 18.6 Å². The Hall–Kier alpha value is -3.96. The van der Waals surface area contributed by atoms with E-state index in [0.717, 1.165) is 12.1 Å². The lowest BCUT2D eigenvalue weighted by Crippen LogP contribution is -2.24. The number of rotatable bonds is 4. The minimum atomic E-state index is -4.49. The molecule has 3 heterocycles. The topological polar surface area (TPSA) is 101 Å². The molecular formula is C23H22F3N5O4. The minimum absolute atomic E-state index is 0.0863. The van der Waals surface area contributed by atoms with Gasteiger partial charge in [0.1, 0.15) is 22.5 Å². The molecule has 0 aliphatic carbocycles. The van der Waals surface area contributed by atoms with Crippen molar-refractivity contribution < 1.29 is 32.2 Å². The zero-order valence-corrected chi connectivity index (χ0v) is 19.6. The summed E-state index contributed by atoms with van der Waals surface area (Å²) in [4.78, 5) is 33.5. The smallest absolute Gasteiger partial charge is 0.416 e. The van der Waals surface area contributed by atoms with Crippen molar-refractivity contribution in [2.75, 3.05) is 7.11 Å². The van der Waals surface area contributed by atoms with Gasteiger partial charge < -0.3 is 9.47 Å². The Morgan fingerprint density at radius 1 is 1.14 bits per heavy atom. The van der Waals surface area contributed by atoms with Crippen molar-refractivity contribution in [3.8, 4) is 11.4 Å². The van der Waals surface area contributed by atoms with Gasteiger partial charge in [0.05, 0.1) is 29.8 Å². The van der Waals surface area contributed by atoms with Crippen LogP contribution in [0.4, 0.5) is 13.2 Å². The number of esters is 2. The number of ether oxygens (including phenoxy) is 2. The fraction of sp³-hybridized carbons (Fsp3) is 0.348. The predicted molar refractivity (Wildman–Crippen MR) is 119 cm³/mol. The molecule has 0 amide bonds. The molecule has 0 unspecified atom stereocenters. The maximum absolute atomic E-state index is 13.2. The van der Waals surface area contributed by atoms with E-state index in [9.17, 15) is 22.8 Å². The fourth-order valence-electron chi connectivity index (χ4n) is 3.49. The first kappa shape index (κ1) is 24.2. The number of alkyl halides is 3. The Morgan fingerprint density at radius 2 is 1.86 bits per heavy atom. The summed E-state index contributed by atoms with van der Waals surface area (Å²) in [5, 5.41) is 4.77. The molecule has 0 atom stereocenters. The van der Waals surface area contributed by atoms with Crippen molar-refractivity contribution in [2.45, 2.75) is 33.7 Å². The van der Waals surface area contributed by atoms with Gasteiger partial charge in [-0.15, -0.1) is 0 Å². The molecule has 0 radical (unpaired) electrons. The first-order valence-electron chi connectivity index (χ1n) is 10.5. The quantitative estimate of drug-likeness (QED) is 0.393. The highest BCUT2D eigenvalue weighted by Gasteiger charge is 2.31. The molecule has 0 saturated heterocycles. The number of carbonyl (C=O) groups is 2. The van der Waals surface area contributed by atoms with Gasteiger partial charge in [0.2, 0.25) is 0 Å². The molecule has 0 N–H and O–H groups in total. The maximum Gasteiger partial charge on any atom is 0.416 e. The Kier molecular flexibility index (Phi) is 5.78. The molecule has 0 spiro atoms. The second-order valence-electron chi connectivity index (χ2n) is 8.94. The number of hydrogen-bond donors (Lipinski definition) is 0. The van der Waals surface area contributed by atoms with Gasteiger partial charge in [-0.05, 0) is 39.0 Å². The van der Waals surface area contributed by atoms with Crippen LogP contribution < -0.4 is 0 Å². The summed E-state index contributed by atoms with van der Waals surface area (Å²) in [6.45, 7) is 4.93. The van der Waals surface area contributed by atoms with E-state index in [1.54, 1.807) is 20.8 Å². The van der Waals surface area contributed by atoms with Crippen LogP contribution in [-0.2, 0) is 34.2 Å². The number of hydrogen-bond acceptors (Lipinski definition) is 7. The number of halogens is 3. The standard InChI is InChI=1S/C23H22F3N5O4/c1-22(2,3)21(33)35-11-31-10-14(20(32)34-5)18-19(31)27-9-15(28-18)17-13-7-6-12(23(24,25)26)8-16(13)30(4)29-17/h6-10H,11H2,1-5H3. The Labute approximate surface area is 197 Å². The van der Waals surface area contributed by atoms with Crippen LogP contribution in [0.25, 0.3) is 33.5 Å². The lowest BCUT2D eigenvalue weighted by molar-refractivity contribution is -0.156. The summed E-state index contributed by atoms with van der Waals surface area (Å²) in [7, 11) is 2.74. The molecule has 0 saturated carbocycles. The van der Waals surface area contributed by atoms with E-state index in [0.29, 0.717) is 11.1 Å². The van der Waals surface area contributed by atoms with Crippen molar-refractivity contribution in [3.63, 3.8) is 0 Å². The molecule has 9 nitrogen and oxygen atoms in total. The Morgan fingerprint density at radius 3 is 2.49 bits per heavy atom. The average Bonchev–Trinajstić information content (AvgIpc) is 3.32. The molecule has 12 heteroatoms.